The number of fused-ring (bicyclic) bond motifs is 1. The molecule has 1 unspecified atom stereocenters. The van der Waals surface area contributed by atoms with Crippen LogP contribution in [0.1, 0.15) is 0 Å². The van der Waals surface area contributed by atoms with E-state index in [2.05, 4.69) is 11.4 Å². The van der Waals surface area contributed by atoms with Crippen LogP contribution in [-0.4, -0.2) is 69.0 Å². The van der Waals surface area contributed by atoms with E-state index in [9.17, 15) is 9.90 Å². The number of nitrogens with one attached hydrogen (secondary N) is 1. The van der Waals surface area contributed by atoms with Gasteiger partial charge in [0.05, 0.1) is 26.3 Å². The van der Waals surface area contributed by atoms with Crippen LogP contribution in [0.4, 0.5) is 0 Å². The number of β-amino-alcohol motifs (C(OH)–C–C–N with tert-alkyl or cyclic N) is 1. The second kappa shape index (κ2) is 9.89. The largest absolute Gasteiger partial charge is 0.496 e. The number of aliphatic hydroxyl groups is 1. The highest BCUT2D eigenvalue weighted by Gasteiger charge is 2.20. The number of ether oxygens (including phenoxy) is 3. The summed E-state index contributed by atoms with van der Waals surface area (Å²) in [6.07, 6.45) is -0.711. The van der Waals surface area contributed by atoms with Gasteiger partial charge in [0.2, 0.25) is 5.91 Å². The standard InChI is InChI=1S/C25H28N2O5/c1-30-22-8-5-9-23(31-2)25(22)21-13-19(12-17-6-3-4-7-20(17)21)32-16-18(28)14-27-11-10-26-24(29)15-27/h3-9,12-13,18,28H,10-11,14-16H2,1-2H3,(H,26,29). The summed E-state index contributed by atoms with van der Waals surface area (Å²) < 4.78 is 17.2. The molecular weight excluding hydrogens is 408 g/mol. The molecule has 3 aromatic carbocycles. The van der Waals surface area contributed by atoms with Gasteiger partial charge in [0.1, 0.15) is 30.0 Å². The number of carbonyl (C=O) groups excluding carboxylic acids is 1. The van der Waals surface area contributed by atoms with E-state index >= 15 is 0 Å². The van der Waals surface area contributed by atoms with E-state index in [1.165, 1.54) is 0 Å². The number of piperazine rings is 1. The molecule has 32 heavy (non-hydrogen) atoms. The minimum absolute atomic E-state index is 0.0192. The summed E-state index contributed by atoms with van der Waals surface area (Å²) in [7, 11) is 3.27. The molecule has 1 aliphatic rings. The molecule has 1 heterocycles. The predicted molar refractivity (Wildman–Crippen MR) is 123 cm³/mol. The molecule has 0 spiro atoms. The van der Waals surface area contributed by atoms with Crippen molar-refractivity contribution in [2.24, 2.45) is 0 Å². The molecule has 0 bridgehead atoms. The van der Waals surface area contributed by atoms with E-state index in [4.69, 9.17) is 14.2 Å². The minimum atomic E-state index is -0.711. The Morgan fingerprint density at radius 3 is 2.53 bits per heavy atom. The Hall–Kier alpha value is -3.29. The zero-order valence-electron chi connectivity index (χ0n) is 18.3. The second-order valence-electron chi connectivity index (χ2n) is 7.78. The van der Waals surface area contributed by atoms with Crippen LogP contribution in [-0.2, 0) is 4.79 Å². The van der Waals surface area contributed by atoms with Gasteiger partial charge in [-0.3, -0.25) is 9.69 Å². The monoisotopic (exact) mass is 436 g/mol. The summed E-state index contributed by atoms with van der Waals surface area (Å²) >= 11 is 0. The summed E-state index contributed by atoms with van der Waals surface area (Å²) in [5, 5.41) is 15.3. The van der Waals surface area contributed by atoms with Crippen molar-refractivity contribution in [3.63, 3.8) is 0 Å². The van der Waals surface area contributed by atoms with Gasteiger partial charge in [-0.05, 0) is 35.0 Å². The summed E-state index contributed by atoms with van der Waals surface area (Å²) in [6.45, 7) is 2.12. The molecule has 168 valence electrons. The molecule has 2 N–H and O–H groups in total. The highest BCUT2D eigenvalue weighted by atomic mass is 16.5. The van der Waals surface area contributed by atoms with Crippen LogP contribution in [0.3, 0.4) is 0 Å². The van der Waals surface area contributed by atoms with Gasteiger partial charge >= 0.3 is 0 Å². The highest BCUT2D eigenvalue weighted by molar-refractivity contribution is 6.00. The number of carbonyl (C=O) groups is 1. The first-order valence-electron chi connectivity index (χ1n) is 10.6. The topological polar surface area (TPSA) is 80.3 Å². The van der Waals surface area contributed by atoms with Gasteiger partial charge in [0.25, 0.3) is 0 Å². The molecule has 1 aliphatic heterocycles. The number of hydrogen-bond donors (Lipinski definition) is 2. The fourth-order valence-corrected chi connectivity index (χ4v) is 4.08. The zero-order valence-corrected chi connectivity index (χ0v) is 18.3. The average Bonchev–Trinajstić information content (AvgIpc) is 2.81. The fourth-order valence-electron chi connectivity index (χ4n) is 4.08. The van der Waals surface area contributed by atoms with Crippen molar-refractivity contribution in [1.29, 1.82) is 0 Å². The van der Waals surface area contributed by atoms with Crippen LogP contribution < -0.4 is 19.5 Å². The Labute approximate surface area is 187 Å². The quantitative estimate of drug-likeness (QED) is 0.565. The lowest BCUT2D eigenvalue weighted by Crippen LogP contribution is -2.50. The van der Waals surface area contributed by atoms with Crippen LogP contribution >= 0.6 is 0 Å². The number of aliphatic hydroxyl groups excluding tert-OH is 1. The van der Waals surface area contributed by atoms with Gasteiger partial charge in [-0.15, -0.1) is 0 Å². The molecule has 4 rings (SSSR count). The Morgan fingerprint density at radius 1 is 1.06 bits per heavy atom. The first kappa shape index (κ1) is 21.9. The molecule has 1 fully saturated rings. The maximum atomic E-state index is 11.5. The molecule has 0 saturated carbocycles. The van der Waals surface area contributed by atoms with E-state index in [0.29, 0.717) is 36.9 Å². The molecule has 0 radical (unpaired) electrons. The van der Waals surface area contributed by atoms with Crippen molar-refractivity contribution in [2.75, 3.05) is 47.0 Å². The van der Waals surface area contributed by atoms with Crippen molar-refractivity contribution in [3.05, 3.63) is 54.6 Å². The molecule has 7 heteroatoms. The molecule has 0 aliphatic carbocycles. The number of rotatable bonds is 8. The molecule has 3 aromatic rings. The van der Waals surface area contributed by atoms with Crippen molar-refractivity contribution >= 4 is 16.7 Å². The Balaban J connectivity index is 1.61. The van der Waals surface area contributed by atoms with Crippen molar-refractivity contribution in [3.8, 4) is 28.4 Å². The van der Waals surface area contributed by atoms with Crippen LogP contribution in [0, 0.1) is 0 Å². The molecule has 1 saturated heterocycles. The zero-order chi connectivity index (χ0) is 22.5. The van der Waals surface area contributed by atoms with Crippen LogP contribution in [0.5, 0.6) is 17.2 Å². The average molecular weight is 437 g/mol. The van der Waals surface area contributed by atoms with Crippen molar-refractivity contribution < 1.29 is 24.1 Å². The van der Waals surface area contributed by atoms with Crippen LogP contribution in [0.2, 0.25) is 0 Å². The Morgan fingerprint density at radius 2 is 1.81 bits per heavy atom. The SMILES string of the molecule is COc1cccc(OC)c1-c1cc(OCC(O)CN2CCNC(=O)C2)cc2ccccc12. The minimum Gasteiger partial charge on any atom is -0.496 e. The summed E-state index contributed by atoms with van der Waals surface area (Å²) in [5.74, 6) is 2.03. The summed E-state index contributed by atoms with van der Waals surface area (Å²) in [5.41, 5.74) is 1.77. The predicted octanol–water partition coefficient (Wildman–Crippen LogP) is 2.70. The molecular formula is C25H28N2O5. The van der Waals surface area contributed by atoms with E-state index < -0.39 is 6.10 Å². The van der Waals surface area contributed by atoms with E-state index in [0.717, 1.165) is 28.4 Å². The highest BCUT2D eigenvalue weighted by Crippen LogP contribution is 2.43. The van der Waals surface area contributed by atoms with Crippen molar-refractivity contribution in [2.45, 2.75) is 6.10 Å². The van der Waals surface area contributed by atoms with Gasteiger partial charge in [-0.25, -0.2) is 0 Å². The molecule has 1 amide bonds. The summed E-state index contributed by atoms with van der Waals surface area (Å²) in [6, 6.07) is 17.6. The third-order valence-electron chi connectivity index (χ3n) is 5.56. The Bertz CT molecular complexity index is 1080. The lowest BCUT2D eigenvalue weighted by Gasteiger charge is -2.28. The van der Waals surface area contributed by atoms with E-state index in [1.54, 1.807) is 14.2 Å². The normalized spacial score (nSPS) is 15.3. The summed E-state index contributed by atoms with van der Waals surface area (Å²) in [4.78, 5) is 13.5. The molecule has 1 atom stereocenters. The lowest BCUT2D eigenvalue weighted by molar-refractivity contribution is -0.124. The number of hydrogen-bond acceptors (Lipinski definition) is 6. The van der Waals surface area contributed by atoms with Crippen LogP contribution in [0.25, 0.3) is 21.9 Å². The van der Waals surface area contributed by atoms with Gasteiger partial charge < -0.3 is 24.6 Å². The van der Waals surface area contributed by atoms with E-state index in [-0.39, 0.29) is 12.5 Å². The lowest BCUT2D eigenvalue weighted by atomic mass is 9.96. The number of amides is 1. The van der Waals surface area contributed by atoms with Gasteiger partial charge in [0, 0.05) is 25.2 Å². The Kier molecular flexibility index (Phi) is 6.78. The second-order valence-corrected chi connectivity index (χ2v) is 7.78. The number of methoxy groups -OCH3 is 2. The number of nitrogens with zero attached hydrogens (tertiary/aromatic N) is 1. The van der Waals surface area contributed by atoms with Gasteiger partial charge in [0.15, 0.2) is 0 Å². The fraction of sp³-hybridized carbons (Fsp3) is 0.320. The third kappa shape index (κ3) is 4.79. The van der Waals surface area contributed by atoms with Gasteiger partial charge in [-0.2, -0.15) is 0 Å². The first-order valence-corrected chi connectivity index (χ1v) is 10.6. The van der Waals surface area contributed by atoms with E-state index in [1.807, 2.05) is 53.4 Å². The van der Waals surface area contributed by atoms with Gasteiger partial charge in [-0.1, -0.05) is 30.3 Å². The first-order chi connectivity index (χ1) is 15.6. The third-order valence-corrected chi connectivity index (χ3v) is 5.56. The maximum absolute atomic E-state index is 11.5. The number of benzene rings is 3. The maximum Gasteiger partial charge on any atom is 0.234 e. The molecule has 7 nitrogen and oxygen atoms in total. The van der Waals surface area contributed by atoms with Crippen molar-refractivity contribution in [1.82, 2.24) is 10.2 Å². The smallest absolute Gasteiger partial charge is 0.234 e. The molecule has 0 aromatic heterocycles. The van der Waals surface area contributed by atoms with Crippen LogP contribution in [0.15, 0.2) is 54.6 Å².